The first-order chi connectivity index (χ1) is 10.6. The molecule has 1 aromatic carbocycles. The Balaban J connectivity index is 2.37. The fraction of sp³-hybridized carbons (Fsp3) is 0.286. The van der Waals surface area contributed by atoms with Crippen molar-refractivity contribution in [3.05, 3.63) is 39.4 Å². The summed E-state index contributed by atoms with van der Waals surface area (Å²) in [6.45, 7) is 4.79. The van der Waals surface area contributed by atoms with Crippen LogP contribution in [0.25, 0.3) is 0 Å². The summed E-state index contributed by atoms with van der Waals surface area (Å²) in [4.78, 5) is 15.8. The van der Waals surface area contributed by atoms with Crippen LogP contribution in [0.2, 0.25) is 5.02 Å². The summed E-state index contributed by atoms with van der Waals surface area (Å²) in [6.07, 6.45) is 0. The van der Waals surface area contributed by atoms with Gasteiger partial charge in [-0.25, -0.2) is 13.4 Å². The van der Waals surface area contributed by atoms with Crippen molar-refractivity contribution in [3.8, 4) is 0 Å². The van der Waals surface area contributed by atoms with Crippen LogP contribution in [-0.2, 0) is 14.8 Å². The summed E-state index contributed by atoms with van der Waals surface area (Å²) in [6, 6.07) is 4.61. The molecule has 0 fully saturated rings. The Bertz CT molecular complexity index is 862. The second-order valence-electron chi connectivity index (χ2n) is 5.00. The summed E-state index contributed by atoms with van der Waals surface area (Å²) in [5, 5.41) is 9.55. The van der Waals surface area contributed by atoms with E-state index in [4.69, 9.17) is 16.7 Å². The first kappa shape index (κ1) is 17.7. The number of halogens is 1. The van der Waals surface area contributed by atoms with Gasteiger partial charge in [-0.3, -0.25) is 9.52 Å². The Morgan fingerprint density at radius 3 is 2.65 bits per heavy atom. The Hall–Kier alpha value is -1.64. The van der Waals surface area contributed by atoms with Gasteiger partial charge in [0.15, 0.2) is 5.13 Å². The minimum atomic E-state index is -3.85. The van der Waals surface area contributed by atoms with Crippen LogP contribution in [0.4, 0.5) is 5.13 Å². The molecule has 0 saturated carbocycles. The minimum Gasteiger partial charge on any atom is -0.481 e. The average molecular weight is 375 g/mol. The summed E-state index contributed by atoms with van der Waals surface area (Å²) < 4.78 is 27.3. The molecule has 23 heavy (non-hydrogen) atoms. The zero-order valence-corrected chi connectivity index (χ0v) is 15.0. The van der Waals surface area contributed by atoms with Crippen LogP contribution >= 0.6 is 22.9 Å². The van der Waals surface area contributed by atoms with Crippen LogP contribution in [0.5, 0.6) is 0 Å². The molecule has 2 rings (SSSR count). The van der Waals surface area contributed by atoms with Gasteiger partial charge < -0.3 is 5.11 Å². The lowest BCUT2D eigenvalue weighted by Crippen LogP contribution is -2.14. The van der Waals surface area contributed by atoms with Gasteiger partial charge in [-0.1, -0.05) is 17.7 Å². The van der Waals surface area contributed by atoms with E-state index in [0.29, 0.717) is 21.2 Å². The smallest absolute Gasteiger partial charge is 0.311 e. The van der Waals surface area contributed by atoms with Gasteiger partial charge in [0.1, 0.15) is 0 Å². The Kier molecular flexibility index (Phi) is 4.98. The minimum absolute atomic E-state index is 0.0608. The molecule has 0 bridgehead atoms. The van der Waals surface area contributed by atoms with Crippen LogP contribution in [0.15, 0.2) is 23.1 Å². The lowest BCUT2D eigenvalue weighted by Gasteiger charge is -2.09. The lowest BCUT2D eigenvalue weighted by atomic mass is 10.1. The predicted molar refractivity (Wildman–Crippen MR) is 89.9 cm³/mol. The molecule has 0 aliphatic rings. The van der Waals surface area contributed by atoms with Crippen molar-refractivity contribution in [1.29, 1.82) is 0 Å². The molecule has 0 aliphatic carbocycles. The highest BCUT2D eigenvalue weighted by atomic mass is 35.5. The first-order valence-electron chi connectivity index (χ1n) is 6.61. The molecule has 124 valence electrons. The number of aryl methyl sites for hydroxylation is 1. The van der Waals surface area contributed by atoms with Crippen molar-refractivity contribution >= 4 is 44.1 Å². The number of benzene rings is 1. The van der Waals surface area contributed by atoms with E-state index in [1.807, 2.05) is 0 Å². The highest BCUT2D eigenvalue weighted by molar-refractivity contribution is 7.93. The number of rotatable bonds is 5. The van der Waals surface area contributed by atoms with Crippen LogP contribution in [-0.4, -0.2) is 24.5 Å². The van der Waals surface area contributed by atoms with E-state index in [0.717, 1.165) is 11.3 Å². The van der Waals surface area contributed by atoms with Crippen molar-refractivity contribution in [2.24, 2.45) is 0 Å². The Labute approximate surface area is 143 Å². The molecule has 0 aliphatic heterocycles. The van der Waals surface area contributed by atoms with Crippen molar-refractivity contribution in [2.45, 2.75) is 31.6 Å². The number of carbonyl (C=O) groups is 1. The quantitative estimate of drug-likeness (QED) is 0.836. The molecule has 1 atom stereocenters. The maximum absolute atomic E-state index is 12.5. The highest BCUT2D eigenvalue weighted by Crippen LogP contribution is 2.32. The SMILES string of the molecule is Cc1nc(NS(=O)(=O)c2cccc(Cl)c2C)sc1C(C)C(=O)O. The second kappa shape index (κ2) is 6.46. The van der Waals surface area contributed by atoms with Crippen LogP contribution < -0.4 is 4.72 Å². The van der Waals surface area contributed by atoms with E-state index in [9.17, 15) is 13.2 Å². The number of aromatic nitrogens is 1. The number of nitrogens with one attached hydrogen (secondary N) is 1. The molecule has 2 N–H and O–H groups in total. The van der Waals surface area contributed by atoms with Gasteiger partial charge in [-0.05, 0) is 38.5 Å². The number of anilines is 1. The van der Waals surface area contributed by atoms with Crippen molar-refractivity contribution in [3.63, 3.8) is 0 Å². The number of nitrogens with zero attached hydrogens (tertiary/aromatic N) is 1. The van der Waals surface area contributed by atoms with Crippen molar-refractivity contribution < 1.29 is 18.3 Å². The highest BCUT2D eigenvalue weighted by Gasteiger charge is 2.24. The third kappa shape index (κ3) is 3.65. The van der Waals surface area contributed by atoms with Crippen LogP contribution in [0, 0.1) is 13.8 Å². The zero-order chi connectivity index (χ0) is 17.4. The molecule has 0 amide bonds. The number of carboxylic acids is 1. The number of hydrogen-bond acceptors (Lipinski definition) is 5. The van der Waals surface area contributed by atoms with E-state index < -0.39 is 21.9 Å². The summed E-state index contributed by atoms with van der Waals surface area (Å²) in [5.74, 6) is -1.74. The van der Waals surface area contributed by atoms with Gasteiger partial charge in [0.05, 0.1) is 16.5 Å². The molecule has 0 radical (unpaired) electrons. The van der Waals surface area contributed by atoms with Crippen LogP contribution in [0.3, 0.4) is 0 Å². The van der Waals surface area contributed by atoms with Gasteiger partial charge in [0.2, 0.25) is 0 Å². The van der Waals surface area contributed by atoms with Crippen molar-refractivity contribution in [2.75, 3.05) is 4.72 Å². The molecular weight excluding hydrogens is 360 g/mol. The maximum Gasteiger partial charge on any atom is 0.311 e. The molecule has 0 spiro atoms. The standard InChI is InChI=1S/C14H15ClN2O4S2/c1-7-10(15)5-4-6-11(7)23(20,21)17-14-16-9(3)12(22-14)8(2)13(18)19/h4-6,8H,1-3H3,(H,16,17)(H,18,19). The molecule has 9 heteroatoms. The third-order valence-electron chi connectivity index (χ3n) is 3.33. The van der Waals surface area contributed by atoms with Crippen molar-refractivity contribution in [1.82, 2.24) is 4.98 Å². The van der Waals surface area contributed by atoms with Crippen LogP contribution in [0.1, 0.15) is 29.0 Å². The number of hydrogen-bond donors (Lipinski definition) is 2. The van der Waals surface area contributed by atoms with Gasteiger partial charge >= 0.3 is 5.97 Å². The Morgan fingerprint density at radius 1 is 1.39 bits per heavy atom. The van der Waals surface area contributed by atoms with E-state index >= 15 is 0 Å². The van der Waals surface area contributed by atoms with Gasteiger partial charge in [-0.15, -0.1) is 11.3 Å². The number of thiazole rings is 1. The fourth-order valence-corrected chi connectivity index (χ4v) is 4.76. The first-order valence-corrected chi connectivity index (χ1v) is 9.29. The van der Waals surface area contributed by atoms with E-state index in [1.54, 1.807) is 26.0 Å². The molecule has 1 aromatic heterocycles. The fourth-order valence-electron chi connectivity index (χ4n) is 2.01. The largest absolute Gasteiger partial charge is 0.481 e. The van der Waals surface area contributed by atoms with Gasteiger partial charge in [0.25, 0.3) is 10.0 Å². The number of sulfonamides is 1. The van der Waals surface area contributed by atoms with Gasteiger partial charge in [0, 0.05) is 9.90 Å². The summed E-state index contributed by atoms with van der Waals surface area (Å²) >= 11 is 6.97. The van der Waals surface area contributed by atoms with E-state index in [-0.39, 0.29) is 10.0 Å². The zero-order valence-electron chi connectivity index (χ0n) is 12.6. The maximum atomic E-state index is 12.5. The normalized spacial score (nSPS) is 12.9. The predicted octanol–water partition coefficient (Wildman–Crippen LogP) is 3.40. The summed E-state index contributed by atoms with van der Waals surface area (Å²) in [5.41, 5.74) is 0.930. The topological polar surface area (TPSA) is 96.4 Å². The number of carboxylic acid groups (broad SMARTS) is 1. The molecule has 0 saturated heterocycles. The average Bonchev–Trinajstić information content (AvgIpc) is 2.80. The Morgan fingerprint density at radius 2 is 2.04 bits per heavy atom. The second-order valence-corrected chi connectivity index (χ2v) is 8.09. The third-order valence-corrected chi connectivity index (χ3v) is 6.60. The molecule has 1 heterocycles. The molecular formula is C14H15ClN2O4S2. The van der Waals surface area contributed by atoms with Gasteiger partial charge in [-0.2, -0.15) is 0 Å². The molecule has 1 unspecified atom stereocenters. The lowest BCUT2D eigenvalue weighted by molar-refractivity contribution is -0.138. The van der Waals surface area contributed by atoms with E-state index in [2.05, 4.69) is 9.71 Å². The molecule has 2 aromatic rings. The summed E-state index contributed by atoms with van der Waals surface area (Å²) in [7, 11) is -3.85. The molecule has 6 nitrogen and oxygen atoms in total. The monoisotopic (exact) mass is 374 g/mol. The van der Waals surface area contributed by atoms with E-state index in [1.165, 1.54) is 13.0 Å². The number of aliphatic carboxylic acids is 1.